The lowest BCUT2D eigenvalue weighted by Gasteiger charge is -2.13. The topological polar surface area (TPSA) is 52.1 Å². The van der Waals surface area contributed by atoms with E-state index in [-0.39, 0.29) is 6.61 Å². The molecule has 0 unspecified atom stereocenters. The summed E-state index contributed by atoms with van der Waals surface area (Å²) in [6.07, 6.45) is 0.901. The number of halogens is 2. The number of carbonyl (C=O) groups is 1. The molecule has 2 rings (SSSR count). The van der Waals surface area contributed by atoms with Gasteiger partial charge in [0.2, 0.25) is 0 Å². The van der Waals surface area contributed by atoms with Crippen molar-refractivity contribution in [3.8, 4) is 0 Å². The number of rotatable bonds is 3. The van der Waals surface area contributed by atoms with Crippen LogP contribution in [0.1, 0.15) is 18.2 Å². The molecule has 0 aliphatic heterocycles. The first kappa shape index (κ1) is 13.3. The molecule has 0 amide bonds. The van der Waals surface area contributed by atoms with Crippen molar-refractivity contribution in [1.82, 2.24) is 9.97 Å². The molecule has 1 heterocycles. The largest absolute Gasteiger partial charge is 0.461 e. The maximum Gasteiger partial charge on any atom is 0.385 e. The molecule has 0 aliphatic carbocycles. The van der Waals surface area contributed by atoms with E-state index in [1.54, 1.807) is 18.2 Å². The van der Waals surface area contributed by atoms with Crippen LogP contribution in [0.3, 0.4) is 0 Å². The number of hydrogen-bond acceptors (Lipinski definition) is 4. The van der Waals surface area contributed by atoms with Crippen molar-refractivity contribution in [1.29, 1.82) is 0 Å². The SMILES string of the molecule is CCOC(=O)C(F)(F)c1cnc2cc(C)ccc2n1. The van der Waals surface area contributed by atoms with E-state index in [4.69, 9.17) is 0 Å². The highest BCUT2D eigenvalue weighted by atomic mass is 19.3. The molecule has 0 atom stereocenters. The smallest absolute Gasteiger partial charge is 0.385 e. The first-order valence-electron chi connectivity index (χ1n) is 5.74. The van der Waals surface area contributed by atoms with Crippen molar-refractivity contribution in [2.24, 2.45) is 0 Å². The molecule has 4 nitrogen and oxygen atoms in total. The van der Waals surface area contributed by atoms with Crippen molar-refractivity contribution in [2.45, 2.75) is 19.8 Å². The molecule has 100 valence electrons. The lowest BCUT2D eigenvalue weighted by atomic mass is 10.2. The summed E-state index contributed by atoms with van der Waals surface area (Å²) in [6, 6.07) is 5.06. The predicted molar refractivity (Wildman–Crippen MR) is 64.8 cm³/mol. The van der Waals surface area contributed by atoms with Crippen LogP contribution in [0.4, 0.5) is 8.78 Å². The van der Waals surface area contributed by atoms with Crippen LogP contribution in [-0.4, -0.2) is 22.5 Å². The van der Waals surface area contributed by atoms with E-state index < -0.39 is 17.6 Å². The van der Waals surface area contributed by atoms with Gasteiger partial charge in [0.25, 0.3) is 0 Å². The maximum absolute atomic E-state index is 13.8. The van der Waals surface area contributed by atoms with Crippen molar-refractivity contribution in [2.75, 3.05) is 6.61 Å². The Labute approximate surface area is 108 Å². The van der Waals surface area contributed by atoms with E-state index in [2.05, 4.69) is 14.7 Å². The molecular formula is C13H12F2N2O2. The first-order valence-corrected chi connectivity index (χ1v) is 5.74. The van der Waals surface area contributed by atoms with E-state index in [0.717, 1.165) is 11.8 Å². The van der Waals surface area contributed by atoms with Gasteiger partial charge in [-0.1, -0.05) is 6.07 Å². The summed E-state index contributed by atoms with van der Waals surface area (Å²) in [5.41, 5.74) is 1.06. The summed E-state index contributed by atoms with van der Waals surface area (Å²) in [7, 11) is 0. The Morgan fingerprint density at radius 2 is 2.11 bits per heavy atom. The zero-order valence-corrected chi connectivity index (χ0v) is 10.5. The summed E-state index contributed by atoms with van der Waals surface area (Å²) >= 11 is 0. The zero-order chi connectivity index (χ0) is 14.0. The second-order valence-corrected chi connectivity index (χ2v) is 4.04. The van der Waals surface area contributed by atoms with Gasteiger partial charge in [0, 0.05) is 0 Å². The van der Waals surface area contributed by atoms with E-state index in [1.807, 2.05) is 6.92 Å². The molecule has 2 aromatic rings. The quantitative estimate of drug-likeness (QED) is 0.801. The number of ether oxygens (including phenoxy) is 1. The summed E-state index contributed by atoms with van der Waals surface area (Å²) in [5, 5.41) is 0. The fourth-order valence-electron chi connectivity index (χ4n) is 1.60. The number of esters is 1. The van der Waals surface area contributed by atoms with Gasteiger partial charge in [0.05, 0.1) is 23.8 Å². The van der Waals surface area contributed by atoms with Gasteiger partial charge in [0.15, 0.2) is 0 Å². The molecule has 0 spiro atoms. The molecule has 0 radical (unpaired) electrons. The monoisotopic (exact) mass is 266 g/mol. The molecule has 6 heteroatoms. The zero-order valence-electron chi connectivity index (χ0n) is 10.5. The van der Waals surface area contributed by atoms with Crippen LogP contribution in [0.5, 0.6) is 0 Å². The predicted octanol–water partition coefficient (Wildman–Crippen LogP) is 2.59. The third-order valence-electron chi connectivity index (χ3n) is 2.55. The van der Waals surface area contributed by atoms with Gasteiger partial charge in [-0.05, 0) is 31.5 Å². The first-order chi connectivity index (χ1) is 8.95. The Morgan fingerprint density at radius 1 is 1.37 bits per heavy atom. The van der Waals surface area contributed by atoms with E-state index in [9.17, 15) is 13.6 Å². The van der Waals surface area contributed by atoms with Crippen LogP contribution >= 0.6 is 0 Å². The molecule has 0 bridgehead atoms. The van der Waals surface area contributed by atoms with E-state index in [1.165, 1.54) is 6.92 Å². The Bertz CT molecular complexity index is 629. The molecule has 1 aromatic heterocycles. The van der Waals surface area contributed by atoms with Gasteiger partial charge in [-0.15, -0.1) is 0 Å². The number of carbonyl (C=O) groups excluding carboxylic acids is 1. The Hall–Kier alpha value is -2.11. The number of nitrogens with zero attached hydrogens (tertiary/aromatic N) is 2. The number of alkyl halides is 2. The minimum Gasteiger partial charge on any atom is -0.461 e. The third kappa shape index (κ3) is 2.52. The van der Waals surface area contributed by atoms with Crippen molar-refractivity contribution < 1.29 is 18.3 Å². The van der Waals surface area contributed by atoms with Gasteiger partial charge >= 0.3 is 11.9 Å². The highest BCUT2D eigenvalue weighted by Gasteiger charge is 2.44. The average Bonchev–Trinajstić information content (AvgIpc) is 2.38. The van der Waals surface area contributed by atoms with E-state index >= 15 is 0 Å². The van der Waals surface area contributed by atoms with Gasteiger partial charge in [-0.2, -0.15) is 8.78 Å². The van der Waals surface area contributed by atoms with Gasteiger partial charge in [0.1, 0.15) is 5.69 Å². The normalized spacial score (nSPS) is 11.6. The molecule has 0 saturated carbocycles. The molecule has 0 aliphatic rings. The van der Waals surface area contributed by atoms with Crippen LogP contribution in [-0.2, 0) is 15.5 Å². The van der Waals surface area contributed by atoms with Gasteiger partial charge < -0.3 is 4.74 Å². The lowest BCUT2D eigenvalue weighted by molar-refractivity contribution is -0.173. The fourth-order valence-corrected chi connectivity index (χ4v) is 1.60. The van der Waals surface area contributed by atoms with Gasteiger partial charge in [-0.25, -0.2) is 9.78 Å². The second-order valence-electron chi connectivity index (χ2n) is 4.04. The number of hydrogen-bond donors (Lipinski definition) is 0. The van der Waals surface area contributed by atoms with Crippen molar-refractivity contribution >= 4 is 17.0 Å². The number of aryl methyl sites for hydroxylation is 1. The number of fused-ring (bicyclic) bond motifs is 1. The summed E-state index contributed by atoms with van der Waals surface area (Å²) in [5.74, 6) is -5.40. The maximum atomic E-state index is 13.8. The standard InChI is InChI=1S/C13H12F2N2O2/c1-3-19-12(18)13(14,15)11-7-16-10-6-8(2)4-5-9(10)17-11/h4-7H,3H2,1-2H3. The highest BCUT2D eigenvalue weighted by Crippen LogP contribution is 2.28. The van der Waals surface area contributed by atoms with Crippen LogP contribution in [0.2, 0.25) is 0 Å². The molecule has 0 N–H and O–H groups in total. The summed E-state index contributed by atoms with van der Waals surface area (Å²) in [4.78, 5) is 18.9. The summed E-state index contributed by atoms with van der Waals surface area (Å²) < 4.78 is 31.9. The van der Waals surface area contributed by atoms with Crippen molar-refractivity contribution in [3.05, 3.63) is 35.7 Å². The molecule has 19 heavy (non-hydrogen) atoms. The minimum atomic E-state index is -3.79. The molecular weight excluding hydrogens is 254 g/mol. The Kier molecular flexibility index (Phi) is 3.42. The van der Waals surface area contributed by atoms with Crippen LogP contribution < -0.4 is 0 Å². The third-order valence-corrected chi connectivity index (χ3v) is 2.55. The van der Waals surface area contributed by atoms with Gasteiger partial charge in [-0.3, -0.25) is 4.98 Å². The fraction of sp³-hybridized carbons (Fsp3) is 0.308. The molecule has 0 fully saturated rings. The molecule has 1 aromatic carbocycles. The summed E-state index contributed by atoms with van der Waals surface area (Å²) in [6.45, 7) is 3.21. The van der Waals surface area contributed by atoms with Crippen LogP contribution in [0.25, 0.3) is 11.0 Å². The minimum absolute atomic E-state index is 0.116. The lowest BCUT2D eigenvalue weighted by Crippen LogP contribution is -2.29. The average molecular weight is 266 g/mol. The number of aromatic nitrogens is 2. The van der Waals surface area contributed by atoms with Crippen molar-refractivity contribution in [3.63, 3.8) is 0 Å². The van der Waals surface area contributed by atoms with Crippen LogP contribution in [0.15, 0.2) is 24.4 Å². The Balaban J connectivity index is 2.45. The highest BCUT2D eigenvalue weighted by molar-refractivity contribution is 5.80. The van der Waals surface area contributed by atoms with E-state index in [0.29, 0.717) is 11.0 Å². The molecule has 0 saturated heterocycles. The van der Waals surface area contributed by atoms with Crippen LogP contribution in [0, 0.1) is 6.92 Å². The second kappa shape index (κ2) is 4.87. The Morgan fingerprint density at radius 3 is 2.79 bits per heavy atom. The number of benzene rings is 1.